The lowest BCUT2D eigenvalue weighted by Gasteiger charge is -2.07. The quantitative estimate of drug-likeness (QED) is 0.356. The van der Waals surface area contributed by atoms with E-state index in [2.05, 4.69) is 61.1 Å². The highest BCUT2D eigenvalue weighted by Crippen LogP contribution is 2.20. The summed E-state index contributed by atoms with van der Waals surface area (Å²) in [7, 11) is 0. The molecule has 0 saturated carbocycles. The van der Waals surface area contributed by atoms with E-state index in [-0.39, 0.29) is 5.97 Å². The summed E-state index contributed by atoms with van der Waals surface area (Å²) in [6.45, 7) is 11.0. The van der Waals surface area contributed by atoms with Gasteiger partial charge in [-0.15, -0.1) is 0 Å². The predicted molar refractivity (Wildman–Crippen MR) is 85.9 cm³/mol. The van der Waals surface area contributed by atoms with Gasteiger partial charge in [-0.1, -0.05) is 24.3 Å². The first-order valence-electron chi connectivity index (χ1n) is 7.45. The predicted octanol–water partition coefficient (Wildman–Crippen LogP) is 2.81. The van der Waals surface area contributed by atoms with Gasteiger partial charge in [0.05, 0.1) is 13.2 Å². The zero-order valence-electron chi connectivity index (χ0n) is 13.5. The molecule has 2 aromatic rings. The monoisotopic (exact) mass is 299 g/mol. The van der Waals surface area contributed by atoms with Crippen LogP contribution in [0.15, 0.2) is 43.5 Å². The smallest absolute Gasteiger partial charge is 0.330 e. The molecular formula is C18H23N2O2+. The number of carbonyl (C=O) groups is 1. The molecule has 0 aliphatic carbocycles. The van der Waals surface area contributed by atoms with E-state index in [1.165, 1.54) is 28.5 Å². The molecule has 0 spiro atoms. The van der Waals surface area contributed by atoms with E-state index in [0.29, 0.717) is 6.61 Å². The third kappa shape index (κ3) is 3.85. The first kappa shape index (κ1) is 16.0. The van der Waals surface area contributed by atoms with Crippen molar-refractivity contribution in [3.8, 4) is 5.69 Å². The van der Waals surface area contributed by atoms with Crippen molar-refractivity contribution in [2.24, 2.45) is 0 Å². The molecule has 0 aliphatic heterocycles. The highest BCUT2D eigenvalue weighted by molar-refractivity contribution is 5.81. The fourth-order valence-electron chi connectivity index (χ4n) is 2.72. The van der Waals surface area contributed by atoms with Crippen LogP contribution in [-0.4, -0.2) is 17.1 Å². The first-order valence-corrected chi connectivity index (χ1v) is 7.45. The average Bonchev–Trinajstić information content (AvgIpc) is 2.90. The van der Waals surface area contributed by atoms with E-state index in [1.807, 2.05) is 6.20 Å². The summed E-state index contributed by atoms with van der Waals surface area (Å²) in [5.74, 6) is -0.367. The zero-order chi connectivity index (χ0) is 16.1. The Labute approximate surface area is 131 Å². The molecule has 4 nitrogen and oxygen atoms in total. The van der Waals surface area contributed by atoms with E-state index in [1.54, 1.807) is 0 Å². The van der Waals surface area contributed by atoms with E-state index in [9.17, 15) is 4.79 Å². The largest absolute Gasteiger partial charge is 0.462 e. The number of rotatable bonds is 6. The third-order valence-corrected chi connectivity index (χ3v) is 3.56. The van der Waals surface area contributed by atoms with E-state index in [4.69, 9.17) is 4.74 Å². The number of hydrogen-bond acceptors (Lipinski definition) is 2. The summed E-state index contributed by atoms with van der Waals surface area (Å²) in [5.41, 5.74) is 5.03. The summed E-state index contributed by atoms with van der Waals surface area (Å²) in [4.78, 5) is 11.0. The Hall–Kier alpha value is -2.36. The van der Waals surface area contributed by atoms with Gasteiger partial charge in [-0.05, 0) is 31.9 Å². The number of esters is 1. The third-order valence-electron chi connectivity index (χ3n) is 3.56. The lowest BCUT2D eigenvalue weighted by Crippen LogP contribution is -2.31. The van der Waals surface area contributed by atoms with Crippen molar-refractivity contribution in [1.82, 2.24) is 4.57 Å². The van der Waals surface area contributed by atoms with Crippen molar-refractivity contribution in [3.05, 3.63) is 60.2 Å². The first-order chi connectivity index (χ1) is 10.5. The molecular weight excluding hydrogens is 276 g/mol. The summed E-state index contributed by atoms with van der Waals surface area (Å²) >= 11 is 0. The molecule has 22 heavy (non-hydrogen) atoms. The van der Waals surface area contributed by atoms with Crippen molar-refractivity contribution in [1.29, 1.82) is 0 Å². The number of carbonyl (C=O) groups excluding carboxylic acids is 1. The standard InChI is InChI=1S/C18H23N2O2/c1-5-17(21)22-10-6-7-19-8-9-20(13-19)18-15(3)11-14(2)12-16(18)4/h5,8-9,11-13H,1,6-7,10H2,2-4H3/q+1. The maximum atomic E-state index is 11.0. The van der Waals surface area contributed by atoms with Crippen LogP contribution in [0.25, 0.3) is 5.69 Å². The maximum Gasteiger partial charge on any atom is 0.330 e. The topological polar surface area (TPSA) is 35.1 Å². The van der Waals surface area contributed by atoms with Gasteiger partial charge in [0.1, 0.15) is 18.1 Å². The lowest BCUT2D eigenvalue weighted by molar-refractivity contribution is -0.696. The minimum Gasteiger partial charge on any atom is -0.462 e. The Morgan fingerprint density at radius 3 is 2.64 bits per heavy atom. The molecule has 1 aromatic heterocycles. The summed E-state index contributed by atoms with van der Waals surface area (Å²) in [6.07, 6.45) is 8.13. The number of imidazole rings is 1. The van der Waals surface area contributed by atoms with Crippen LogP contribution in [0, 0.1) is 20.8 Å². The summed E-state index contributed by atoms with van der Waals surface area (Å²) < 4.78 is 9.22. The van der Waals surface area contributed by atoms with Crippen LogP contribution >= 0.6 is 0 Å². The van der Waals surface area contributed by atoms with Crippen LogP contribution in [0.5, 0.6) is 0 Å². The van der Waals surface area contributed by atoms with Crippen LogP contribution in [0.2, 0.25) is 0 Å². The van der Waals surface area contributed by atoms with Crippen LogP contribution in [0.3, 0.4) is 0 Å². The molecule has 116 valence electrons. The van der Waals surface area contributed by atoms with Crippen molar-refractivity contribution in [2.75, 3.05) is 6.61 Å². The minimum atomic E-state index is -0.367. The summed E-state index contributed by atoms with van der Waals surface area (Å²) in [6, 6.07) is 4.39. The molecule has 1 aromatic carbocycles. The Morgan fingerprint density at radius 2 is 2.00 bits per heavy atom. The number of benzene rings is 1. The van der Waals surface area contributed by atoms with E-state index < -0.39 is 0 Å². The second kappa shape index (κ2) is 7.07. The Bertz CT molecular complexity index is 663. The minimum absolute atomic E-state index is 0.367. The Morgan fingerprint density at radius 1 is 1.32 bits per heavy atom. The SMILES string of the molecule is C=CC(=O)OCCC[n+]1ccn(-c2c(C)cc(C)cc2C)c1. The van der Waals surface area contributed by atoms with E-state index in [0.717, 1.165) is 13.0 Å². The van der Waals surface area contributed by atoms with Crippen LogP contribution in [0.4, 0.5) is 0 Å². The maximum absolute atomic E-state index is 11.0. The van der Waals surface area contributed by atoms with Gasteiger partial charge >= 0.3 is 5.97 Å². The second-order valence-electron chi connectivity index (χ2n) is 5.53. The normalized spacial score (nSPS) is 10.5. The molecule has 2 rings (SSSR count). The van der Waals surface area contributed by atoms with Gasteiger partial charge in [-0.2, -0.15) is 0 Å². The number of aromatic nitrogens is 2. The zero-order valence-corrected chi connectivity index (χ0v) is 13.5. The molecule has 0 bridgehead atoms. The average molecular weight is 299 g/mol. The molecule has 1 heterocycles. The molecule has 0 aliphatic rings. The van der Waals surface area contributed by atoms with Gasteiger partial charge in [0, 0.05) is 12.5 Å². The number of nitrogens with zero attached hydrogens (tertiary/aromatic N) is 2. The van der Waals surface area contributed by atoms with Crippen molar-refractivity contribution < 1.29 is 14.1 Å². The van der Waals surface area contributed by atoms with Crippen molar-refractivity contribution in [3.63, 3.8) is 0 Å². The number of ether oxygens (including phenoxy) is 1. The van der Waals surface area contributed by atoms with Crippen LogP contribution < -0.4 is 4.57 Å². The summed E-state index contributed by atoms with van der Waals surface area (Å²) in [5, 5.41) is 0. The molecule has 0 unspecified atom stereocenters. The number of aryl methyl sites for hydroxylation is 4. The highest BCUT2D eigenvalue weighted by atomic mass is 16.5. The number of hydrogen-bond donors (Lipinski definition) is 0. The van der Waals surface area contributed by atoms with Gasteiger partial charge in [0.2, 0.25) is 6.33 Å². The highest BCUT2D eigenvalue weighted by Gasteiger charge is 2.12. The molecule has 0 amide bonds. The Balaban J connectivity index is 2.03. The molecule has 4 heteroatoms. The van der Waals surface area contributed by atoms with Gasteiger partial charge in [-0.25, -0.2) is 13.9 Å². The van der Waals surface area contributed by atoms with E-state index >= 15 is 0 Å². The second-order valence-corrected chi connectivity index (χ2v) is 5.53. The molecule has 0 radical (unpaired) electrons. The van der Waals surface area contributed by atoms with Gasteiger partial charge in [-0.3, -0.25) is 0 Å². The molecule has 0 fully saturated rings. The van der Waals surface area contributed by atoms with Gasteiger partial charge < -0.3 is 4.74 Å². The molecule has 0 atom stereocenters. The van der Waals surface area contributed by atoms with Crippen molar-refractivity contribution in [2.45, 2.75) is 33.7 Å². The fraction of sp³-hybridized carbons (Fsp3) is 0.333. The van der Waals surface area contributed by atoms with Crippen LogP contribution in [-0.2, 0) is 16.1 Å². The van der Waals surface area contributed by atoms with Crippen molar-refractivity contribution >= 4 is 5.97 Å². The van der Waals surface area contributed by atoms with Gasteiger partial charge in [0.25, 0.3) is 0 Å². The lowest BCUT2D eigenvalue weighted by atomic mass is 10.1. The fourth-order valence-corrected chi connectivity index (χ4v) is 2.72. The van der Waals surface area contributed by atoms with Crippen LogP contribution in [0.1, 0.15) is 23.1 Å². The molecule has 0 saturated heterocycles. The van der Waals surface area contributed by atoms with Gasteiger partial charge in [0.15, 0.2) is 0 Å². The Kier molecular flexibility index (Phi) is 5.15. The molecule has 0 N–H and O–H groups in total.